The molecule has 0 spiro atoms. The molecule has 0 saturated carbocycles. The monoisotopic (exact) mass is 420 g/mol. The second-order valence-corrected chi connectivity index (χ2v) is 9.63. The first-order chi connectivity index (χ1) is 13.2. The van der Waals surface area contributed by atoms with E-state index in [2.05, 4.69) is 11.6 Å². The minimum absolute atomic E-state index is 0.0846. The first-order valence-corrected chi connectivity index (χ1v) is 11.2. The molecule has 1 N–H and O–H groups in total. The highest BCUT2D eigenvalue weighted by Crippen LogP contribution is 2.28. The second kappa shape index (κ2) is 8.13. The normalized spacial score (nSPS) is 17.4. The number of sulfonamides is 1. The maximum absolute atomic E-state index is 13.0. The van der Waals surface area contributed by atoms with Crippen molar-refractivity contribution >= 4 is 33.2 Å². The average molecular weight is 421 g/mol. The van der Waals surface area contributed by atoms with Gasteiger partial charge < -0.3 is 4.90 Å². The van der Waals surface area contributed by atoms with Gasteiger partial charge in [0.1, 0.15) is 4.90 Å². The van der Waals surface area contributed by atoms with Gasteiger partial charge in [-0.25, -0.2) is 8.42 Å². The van der Waals surface area contributed by atoms with E-state index < -0.39 is 10.0 Å². The van der Waals surface area contributed by atoms with Gasteiger partial charge in [0.15, 0.2) is 0 Å². The first-order valence-electron chi connectivity index (χ1n) is 9.36. The Morgan fingerprint density at radius 3 is 2.64 bits per heavy atom. The Labute approximate surface area is 171 Å². The molecule has 0 bridgehead atoms. The van der Waals surface area contributed by atoms with Crippen molar-refractivity contribution in [3.8, 4) is 0 Å². The standard InChI is InChI=1S/C21H25ClN2O3S/c1-14-6-7-16(3)19(11-14)23-28(26,27)20-12-17(8-9-18(20)22)21(25)24-10-4-5-15(2)13-24/h6-9,11-12,15,23H,4-5,10,13H2,1-3H3. The van der Waals surface area contributed by atoms with Crippen LogP contribution in [-0.4, -0.2) is 32.3 Å². The van der Waals surface area contributed by atoms with Crippen molar-refractivity contribution in [2.75, 3.05) is 17.8 Å². The lowest BCUT2D eigenvalue weighted by molar-refractivity contribution is 0.0683. The van der Waals surface area contributed by atoms with Gasteiger partial charge in [0, 0.05) is 18.7 Å². The van der Waals surface area contributed by atoms with Gasteiger partial charge in [-0.15, -0.1) is 0 Å². The van der Waals surface area contributed by atoms with E-state index in [1.807, 2.05) is 26.0 Å². The number of hydrogen-bond acceptors (Lipinski definition) is 3. The zero-order valence-electron chi connectivity index (χ0n) is 16.3. The quantitative estimate of drug-likeness (QED) is 0.784. The number of nitrogens with one attached hydrogen (secondary N) is 1. The van der Waals surface area contributed by atoms with Crippen LogP contribution in [0.2, 0.25) is 5.02 Å². The third-order valence-corrected chi connectivity index (χ3v) is 6.90. The summed E-state index contributed by atoms with van der Waals surface area (Å²) < 4.78 is 28.5. The Bertz CT molecular complexity index is 1000. The van der Waals surface area contributed by atoms with E-state index >= 15 is 0 Å². The van der Waals surface area contributed by atoms with Gasteiger partial charge in [-0.3, -0.25) is 9.52 Å². The highest BCUT2D eigenvalue weighted by atomic mass is 35.5. The number of rotatable bonds is 4. The summed E-state index contributed by atoms with van der Waals surface area (Å²) >= 11 is 6.19. The number of aryl methyl sites for hydroxylation is 2. The SMILES string of the molecule is Cc1ccc(C)c(NS(=O)(=O)c2cc(C(=O)N3CCCC(C)C3)ccc2Cl)c1. The molecule has 1 fully saturated rings. The Balaban J connectivity index is 1.92. The molecular weight excluding hydrogens is 396 g/mol. The van der Waals surface area contributed by atoms with Crippen LogP contribution in [0.15, 0.2) is 41.3 Å². The molecule has 1 aliphatic heterocycles. The summed E-state index contributed by atoms with van der Waals surface area (Å²) in [4.78, 5) is 14.6. The molecule has 0 radical (unpaired) electrons. The van der Waals surface area contributed by atoms with E-state index in [1.54, 1.807) is 17.0 Å². The molecule has 1 amide bonds. The van der Waals surface area contributed by atoms with Gasteiger partial charge in [-0.2, -0.15) is 0 Å². The van der Waals surface area contributed by atoms with E-state index in [4.69, 9.17) is 11.6 Å². The highest BCUT2D eigenvalue weighted by Gasteiger charge is 2.25. The average Bonchev–Trinajstić information content (AvgIpc) is 2.64. The number of amides is 1. The van der Waals surface area contributed by atoms with E-state index in [1.165, 1.54) is 12.1 Å². The van der Waals surface area contributed by atoms with E-state index in [0.29, 0.717) is 30.3 Å². The van der Waals surface area contributed by atoms with Crippen LogP contribution in [-0.2, 0) is 10.0 Å². The third-order valence-electron chi connectivity index (χ3n) is 5.05. The topological polar surface area (TPSA) is 66.5 Å². The smallest absolute Gasteiger partial charge is 0.263 e. The fourth-order valence-corrected chi connectivity index (χ4v) is 5.09. The second-order valence-electron chi connectivity index (χ2n) is 7.57. The fraction of sp³-hybridized carbons (Fsp3) is 0.381. The largest absolute Gasteiger partial charge is 0.338 e. The van der Waals surface area contributed by atoms with Gasteiger partial charge >= 0.3 is 0 Å². The summed E-state index contributed by atoms with van der Waals surface area (Å²) in [7, 11) is -3.93. The zero-order chi connectivity index (χ0) is 20.5. The Kier molecular flexibility index (Phi) is 6.01. The van der Waals surface area contributed by atoms with Gasteiger partial charge in [0.25, 0.3) is 15.9 Å². The van der Waals surface area contributed by atoms with Crippen molar-refractivity contribution in [1.82, 2.24) is 4.90 Å². The van der Waals surface area contributed by atoms with Crippen LogP contribution in [0.5, 0.6) is 0 Å². The molecule has 1 atom stereocenters. The Hall–Kier alpha value is -2.05. The zero-order valence-corrected chi connectivity index (χ0v) is 17.9. The van der Waals surface area contributed by atoms with Crippen LogP contribution < -0.4 is 4.72 Å². The predicted molar refractivity (Wildman–Crippen MR) is 112 cm³/mol. The molecule has 1 unspecified atom stereocenters. The number of halogens is 1. The minimum Gasteiger partial charge on any atom is -0.338 e. The van der Waals surface area contributed by atoms with Crippen LogP contribution in [0.1, 0.15) is 41.3 Å². The van der Waals surface area contributed by atoms with E-state index in [-0.39, 0.29) is 15.8 Å². The summed E-state index contributed by atoms with van der Waals surface area (Å²) in [6.07, 6.45) is 2.06. The van der Waals surface area contributed by atoms with Crippen LogP contribution in [0.3, 0.4) is 0 Å². The predicted octanol–water partition coefficient (Wildman–Crippen LogP) is 4.63. The van der Waals surface area contributed by atoms with Crippen molar-refractivity contribution < 1.29 is 13.2 Å². The van der Waals surface area contributed by atoms with Gasteiger partial charge in [0.05, 0.1) is 10.7 Å². The number of piperidine rings is 1. The molecule has 28 heavy (non-hydrogen) atoms. The van der Waals surface area contributed by atoms with Crippen LogP contribution in [0, 0.1) is 19.8 Å². The molecule has 150 valence electrons. The molecule has 3 rings (SSSR count). The summed E-state index contributed by atoms with van der Waals surface area (Å²) in [6, 6.07) is 9.97. The maximum Gasteiger partial charge on any atom is 0.263 e. The maximum atomic E-state index is 13.0. The number of anilines is 1. The van der Waals surface area contributed by atoms with Crippen molar-refractivity contribution in [3.05, 3.63) is 58.1 Å². The van der Waals surface area contributed by atoms with Crippen LogP contribution in [0.25, 0.3) is 0 Å². The fourth-order valence-electron chi connectivity index (χ4n) is 3.44. The first kappa shape index (κ1) is 20.7. The molecule has 1 heterocycles. The van der Waals surface area contributed by atoms with Crippen LogP contribution >= 0.6 is 11.6 Å². The van der Waals surface area contributed by atoms with Crippen molar-refractivity contribution in [2.24, 2.45) is 5.92 Å². The Morgan fingerprint density at radius 2 is 1.93 bits per heavy atom. The summed E-state index contributed by atoms with van der Waals surface area (Å²) in [6.45, 7) is 7.21. The van der Waals surface area contributed by atoms with Crippen molar-refractivity contribution in [3.63, 3.8) is 0 Å². The molecular formula is C21H25ClN2O3S. The molecule has 2 aromatic carbocycles. The molecule has 0 aromatic heterocycles. The highest BCUT2D eigenvalue weighted by molar-refractivity contribution is 7.92. The molecule has 1 saturated heterocycles. The Morgan fingerprint density at radius 1 is 1.18 bits per heavy atom. The van der Waals surface area contributed by atoms with Gasteiger partial charge in [-0.1, -0.05) is 30.7 Å². The third kappa shape index (κ3) is 4.50. The van der Waals surface area contributed by atoms with E-state index in [9.17, 15) is 13.2 Å². The van der Waals surface area contributed by atoms with Crippen LogP contribution in [0.4, 0.5) is 5.69 Å². The lowest BCUT2D eigenvalue weighted by Crippen LogP contribution is -2.39. The minimum atomic E-state index is -3.93. The molecule has 5 nitrogen and oxygen atoms in total. The van der Waals surface area contributed by atoms with Crippen molar-refractivity contribution in [1.29, 1.82) is 0 Å². The number of hydrogen-bond donors (Lipinski definition) is 1. The van der Waals surface area contributed by atoms with Gasteiger partial charge in [0.2, 0.25) is 0 Å². The number of likely N-dealkylation sites (tertiary alicyclic amines) is 1. The van der Waals surface area contributed by atoms with E-state index in [0.717, 1.165) is 24.0 Å². The summed E-state index contributed by atoms with van der Waals surface area (Å²) in [5.74, 6) is 0.283. The molecule has 7 heteroatoms. The van der Waals surface area contributed by atoms with Crippen molar-refractivity contribution in [2.45, 2.75) is 38.5 Å². The molecule has 1 aliphatic rings. The summed E-state index contributed by atoms with van der Waals surface area (Å²) in [5.41, 5.74) is 2.58. The lowest BCUT2D eigenvalue weighted by atomic mass is 9.99. The molecule has 0 aliphatic carbocycles. The summed E-state index contributed by atoms with van der Waals surface area (Å²) in [5, 5.41) is 0.0846. The van der Waals surface area contributed by atoms with Gasteiger partial charge in [-0.05, 0) is 68.0 Å². The number of nitrogens with zero attached hydrogens (tertiary/aromatic N) is 1. The lowest BCUT2D eigenvalue weighted by Gasteiger charge is -2.31. The number of benzene rings is 2. The molecule has 2 aromatic rings. The number of carbonyl (C=O) groups is 1. The number of carbonyl (C=O) groups excluding carboxylic acids is 1.